The van der Waals surface area contributed by atoms with Gasteiger partial charge in [-0.1, -0.05) is 6.42 Å². The van der Waals surface area contributed by atoms with E-state index in [0.717, 1.165) is 36.7 Å². The van der Waals surface area contributed by atoms with Gasteiger partial charge in [-0.2, -0.15) is 0 Å². The smallest absolute Gasteiger partial charge is 0.213 e. The van der Waals surface area contributed by atoms with Gasteiger partial charge in [0.15, 0.2) is 0 Å². The number of rotatable bonds is 7. The number of fused-ring (bicyclic) bond motifs is 1. The maximum absolute atomic E-state index is 9.76. The van der Waals surface area contributed by atoms with Crippen molar-refractivity contribution < 1.29 is 14.6 Å². The van der Waals surface area contributed by atoms with Crippen LogP contribution < -0.4 is 4.74 Å². The molecule has 0 bridgehead atoms. The van der Waals surface area contributed by atoms with Crippen LogP contribution in [0.1, 0.15) is 24.8 Å². The molecule has 3 heterocycles. The number of hydrogen-bond acceptors (Lipinski definition) is 5. The van der Waals surface area contributed by atoms with Crippen molar-refractivity contribution in [1.29, 1.82) is 0 Å². The first-order valence-corrected chi connectivity index (χ1v) is 7.36. The number of aryl methyl sites for hydroxylation is 1. The highest BCUT2D eigenvalue weighted by Crippen LogP contribution is 2.22. The maximum atomic E-state index is 9.76. The van der Waals surface area contributed by atoms with Gasteiger partial charge in [0.05, 0.1) is 30.9 Å². The number of ether oxygens (including phenoxy) is 2. The van der Waals surface area contributed by atoms with Crippen LogP contribution >= 0.6 is 0 Å². The standard InChI is InChI=1S/C16H20N2O3/c1-20-15-7-6-12-16(18-15)11(8-9-17-12)4-2-3-5-13(19)14-10-21-14/h6-9,13-14,19H,2-5,10H2,1H3/t13-,14+/m0/s1. The minimum atomic E-state index is -0.308. The van der Waals surface area contributed by atoms with Crippen molar-refractivity contribution in [3.05, 3.63) is 30.0 Å². The van der Waals surface area contributed by atoms with E-state index < -0.39 is 0 Å². The molecule has 0 saturated carbocycles. The number of nitrogens with zero attached hydrogens (tertiary/aromatic N) is 2. The van der Waals surface area contributed by atoms with Crippen molar-refractivity contribution in [3.8, 4) is 5.88 Å². The molecular weight excluding hydrogens is 268 g/mol. The zero-order valence-corrected chi connectivity index (χ0v) is 12.2. The van der Waals surface area contributed by atoms with Crippen LogP contribution in [0.25, 0.3) is 11.0 Å². The average molecular weight is 288 g/mol. The second-order valence-electron chi connectivity index (χ2n) is 5.38. The molecule has 0 aromatic carbocycles. The fourth-order valence-corrected chi connectivity index (χ4v) is 2.51. The third-order valence-electron chi connectivity index (χ3n) is 3.84. The van der Waals surface area contributed by atoms with Gasteiger partial charge in [0.1, 0.15) is 6.10 Å². The Morgan fingerprint density at radius 1 is 1.38 bits per heavy atom. The average Bonchev–Trinajstić information content (AvgIpc) is 3.35. The van der Waals surface area contributed by atoms with Gasteiger partial charge in [0, 0.05) is 12.3 Å². The molecule has 112 valence electrons. The highest BCUT2D eigenvalue weighted by molar-refractivity contribution is 5.78. The van der Waals surface area contributed by atoms with Crippen LogP contribution in [0.4, 0.5) is 0 Å². The van der Waals surface area contributed by atoms with E-state index >= 15 is 0 Å². The van der Waals surface area contributed by atoms with Crippen LogP contribution in [0, 0.1) is 0 Å². The normalized spacial score (nSPS) is 18.7. The third-order valence-corrected chi connectivity index (χ3v) is 3.84. The number of aromatic nitrogens is 2. The molecule has 1 aliphatic rings. The molecule has 21 heavy (non-hydrogen) atoms. The van der Waals surface area contributed by atoms with E-state index in [1.807, 2.05) is 24.4 Å². The Kier molecular flexibility index (Phi) is 4.31. The van der Waals surface area contributed by atoms with Crippen LogP contribution in [0.15, 0.2) is 24.4 Å². The zero-order valence-electron chi connectivity index (χ0n) is 12.2. The summed E-state index contributed by atoms with van der Waals surface area (Å²) in [5.74, 6) is 0.609. The minimum Gasteiger partial charge on any atom is -0.481 e. The summed E-state index contributed by atoms with van der Waals surface area (Å²) in [4.78, 5) is 8.82. The number of unbranched alkanes of at least 4 members (excludes halogenated alkanes) is 1. The molecule has 1 saturated heterocycles. The molecule has 5 heteroatoms. The van der Waals surface area contributed by atoms with Gasteiger partial charge in [0.2, 0.25) is 5.88 Å². The highest BCUT2D eigenvalue weighted by atomic mass is 16.6. The maximum Gasteiger partial charge on any atom is 0.213 e. The highest BCUT2D eigenvalue weighted by Gasteiger charge is 2.30. The molecule has 1 N–H and O–H groups in total. The van der Waals surface area contributed by atoms with Gasteiger partial charge < -0.3 is 14.6 Å². The Morgan fingerprint density at radius 3 is 3.00 bits per heavy atom. The molecule has 2 atom stereocenters. The second kappa shape index (κ2) is 6.37. The molecule has 1 fully saturated rings. The van der Waals surface area contributed by atoms with Crippen molar-refractivity contribution in [3.63, 3.8) is 0 Å². The summed E-state index contributed by atoms with van der Waals surface area (Å²) in [5, 5.41) is 9.76. The minimum absolute atomic E-state index is 0.0812. The van der Waals surface area contributed by atoms with Crippen molar-refractivity contribution in [2.45, 2.75) is 37.9 Å². The topological polar surface area (TPSA) is 67.8 Å². The second-order valence-corrected chi connectivity index (χ2v) is 5.38. The molecule has 0 aliphatic carbocycles. The zero-order chi connectivity index (χ0) is 14.7. The molecule has 0 unspecified atom stereocenters. The summed E-state index contributed by atoms with van der Waals surface area (Å²) in [6, 6.07) is 5.76. The molecular formula is C16H20N2O3. The first kappa shape index (κ1) is 14.2. The number of methoxy groups -OCH3 is 1. The van der Waals surface area contributed by atoms with Gasteiger partial charge in [0.25, 0.3) is 0 Å². The lowest BCUT2D eigenvalue weighted by molar-refractivity contribution is 0.124. The molecule has 0 amide bonds. The molecule has 5 nitrogen and oxygen atoms in total. The lowest BCUT2D eigenvalue weighted by Gasteiger charge is -2.08. The Bertz CT molecular complexity index is 613. The summed E-state index contributed by atoms with van der Waals surface area (Å²) >= 11 is 0. The number of hydrogen-bond donors (Lipinski definition) is 1. The predicted molar refractivity (Wildman–Crippen MR) is 79.4 cm³/mol. The van der Waals surface area contributed by atoms with Crippen LogP contribution in [0.5, 0.6) is 5.88 Å². The van der Waals surface area contributed by atoms with Gasteiger partial charge in [-0.15, -0.1) is 0 Å². The first-order chi connectivity index (χ1) is 10.3. The summed E-state index contributed by atoms with van der Waals surface area (Å²) in [6.45, 7) is 0.708. The first-order valence-electron chi connectivity index (χ1n) is 7.36. The van der Waals surface area contributed by atoms with E-state index in [-0.39, 0.29) is 12.2 Å². The largest absolute Gasteiger partial charge is 0.481 e. The Balaban J connectivity index is 1.62. The lowest BCUT2D eigenvalue weighted by atomic mass is 10.0. The van der Waals surface area contributed by atoms with Crippen LogP contribution in [-0.2, 0) is 11.2 Å². The quantitative estimate of drug-likeness (QED) is 0.624. The third kappa shape index (κ3) is 3.49. The molecule has 1 aliphatic heterocycles. The van der Waals surface area contributed by atoms with E-state index in [1.54, 1.807) is 7.11 Å². The Hall–Kier alpha value is -1.72. The lowest BCUT2D eigenvalue weighted by Crippen LogP contribution is -2.14. The van der Waals surface area contributed by atoms with Crippen molar-refractivity contribution >= 4 is 11.0 Å². The molecule has 3 rings (SSSR count). The number of pyridine rings is 2. The van der Waals surface area contributed by atoms with Gasteiger partial charge in [-0.05, 0) is 37.0 Å². The Labute approximate surface area is 123 Å². The summed E-state index contributed by atoms with van der Waals surface area (Å²) in [5.41, 5.74) is 2.97. The van der Waals surface area contributed by atoms with Gasteiger partial charge >= 0.3 is 0 Å². The number of epoxide rings is 1. The summed E-state index contributed by atoms with van der Waals surface area (Å²) in [6.07, 6.45) is 5.31. The monoisotopic (exact) mass is 288 g/mol. The van der Waals surface area contributed by atoms with Crippen molar-refractivity contribution in [1.82, 2.24) is 9.97 Å². The Morgan fingerprint density at radius 2 is 2.24 bits per heavy atom. The van der Waals surface area contributed by atoms with E-state index in [4.69, 9.17) is 9.47 Å². The summed E-state index contributed by atoms with van der Waals surface area (Å²) in [7, 11) is 1.62. The van der Waals surface area contributed by atoms with Crippen LogP contribution in [-0.4, -0.2) is 41.0 Å². The fraction of sp³-hybridized carbons (Fsp3) is 0.500. The van der Waals surface area contributed by atoms with Crippen LogP contribution in [0.3, 0.4) is 0 Å². The van der Waals surface area contributed by atoms with Crippen LogP contribution in [0.2, 0.25) is 0 Å². The van der Waals surface area contributed by atoms with E-state index in [1.165, 1.54) is 5.56 Å². The predicted octanol–water partition coefficient (Wildman–Crippen LogP) is 2.11. The molecule has 0 radical (unpaired) electrons. The molecule has 2 aromatic heterocycles. The van der Waals surface area contributed by atoms with E-state index in [9.17, 15) is 5.11 Å². The number of aliphatic hydroxyl groups is 1. The van der Waals surface area contributed by atoms with Crippen molar-refractivity contribution in [2.24, 2.45) is 0 Å². The molecule has 0 spiro atoms. The molecule has 2 aromatic rings. The van der Waals surface area contributed by atoms with E-state index in [0.29, 0.717) is 12.5 Å². The van der Waals surface area contributed by atoms with Crippen molar-refractivity contribution in [2.75, 3.05) is 13.7 Å². The number of aliphatic hydroxyl groups excluding tert-OH is 1. The fourth-order valence-electron chi connectivity index (χ4n) is 2.51. The van der Waals surface area contributed by atoms with E-state index in [2.05, 4.69) is 9.97 Å². The van der Waals surface area contributed by atoms with Gasteiger partial charge in [-0.3, -0.25) is 4.98 Å². The summed E-state index contributed by atoms with van der Waals surface area (Å²) < 4.78 is 10.3. The SMILES string of the molecule is COc1ccc2nccc(CCCC[C@H](O)[C@H]3CO3)c2n1. The van der Waals surface area contributed by atoms with Gasteiger partial charge in [-0.25, -0.2) is 4.98 Å².